The minimum atomic E-state index is -1.07. The summed E-state index contributed by atoms with van der Waals surface area (Å²) in [5.74, 6) is -2.09. The second-order valence-corrected chi connectivity index (χ2v) is 6.52. The Labute approximate surface area is 119 Å². The van der Waals surface area contributed by atoms with Crippen LogP contribution in [0.3, 0.4) is 0 Å². The number of carboxylic acids is 1. The quantitative estimate of drug-likeness (QED) is 0.618. The third-order valence-electron chi connectivity index (χ3n) is 5.24. The molecule has 3 rings (SSSR count). The summed E-state index contributed by atoms with van der Waals surface area (Å²) in [7, 11) is 0. The SMILES string of the molecule is O=C(NC1CCCCCC1)[C@@H]1[C@@H](C(=O)[O-])[C@H]2C=C[C@@H]1C2. The molecule has 20 heavy (non-hydrogen) atoms. The Morgan fingerprint density at radius 1 is 0.950 bits per heavy atom. The number of hydrogen-bond acceptors (Lipinski definition) is 3. The molecule has 0 aromatic carbocycles. The highest BCUT2D eigenvalue weighted by molar-refractivity contribution is 5.86. The maximum absolute atomic E-state index is 12.5. The van der Waals surface area contributed by atoms with Gasteiger partial charge in [-0.25, -0.2) is 0 Å². The van der Waals surface area contributed by atoms with Crippen molar-refractivity contribution in [1.82, 2.24) is 5.32 Å². The van der Waals surface area contributed by atoms with Crippen molar-refractivity contribution in [1.29, 1.82) is 0 Å². The van der Waals surface area contributed by atoms with Crippen LogP contribution in [0.25, 0.3) is 0 Å². The van der Waals surface area contributed by atoms with Crippen LogP contribution in [-0.4, -0.2) is 17.9 Å². The normalized spacial score (nSPS) is 36.8. The molecule has 0 unspecified atom stereocenters. The molecule has 3 aliphatic carbocycles. The number of carbonyl (C=O) groups is 2. The molecule has 0 spiro atoms. The fourth-order valence-corrected chi connectivity index (χ4v) is 4.22. The highest BCUT2D eigenvalue weighted by atomic mass is 16.4. The summed E-state index contributed by atoms with van der Waals surface area (Å²) < 4.78 is 0. The van der Waals surface area contributed by atoms with E-state index in [0.29, 0.717) is 0 Å². The van der Waals surface area contributed by atoms with E-state index in [2.05, 4.69) is 5.32 Å². The van der Waals surface area contributed by atoms with E-state index < -0.39 is 17.8 Å². The van der Waals surface area contributed by atoms with Crippen molar-refractivity contribution in [3.8, 4) is 0 Å². The number of nitrogens with one attached hydrogen (secondary N) is 1. The predicted octanol–water partition coefficient (Wildman–Crippen LogP) is 1.01. The van der Waals surface area contributed by atoms with Crippen molar-refractivity contribution in [2.45, 2.75) is 51.0 Å². The number of carbonyl (C=O) groups excluding carboxylic acids is 2. The van der Waals surface area contributed by atoms with E-state index in [-0.39, 0.29) is 23.8 Å². The van der Waals surface area contributed by atoms with Crippen LogP contribution in [0, 0.1) is 23.7 Å². The van der Waals surface area contributed by atoms with Gasteiger partial charge in [-0.05, 0) is 31.1 Å². The van der Waals surface area contributed by atoms with Crippen molar-refractivity contribution >= 4 is 11.9 Å². The number of amides is 1. The lowest BCUT2D eigenvalue weighted by Crippen LogP contribution is -2.47. The maximum Gasteiger partial charge on any atom is 0.224 e. The van der Waals surface area contributed by atoms with Gasteiger partial charge in [-0.2, -0.15) is 0 Å². The lowest BCUT2D eigenvalue weighted by atomic mass is 9.82. The molecule has 0 aromatic heterocycles. The van der Waals surface area contributed by atoms with Crippen molar-refractivity contribution < 1.29 is 14.7 Å². The lowest BCUT2D eigenvalue weighted by Gasteiger charge is -2.29. The molecule has 1 amide bonds. The summed E-state index contributed by atoms with van der Waals surface area (Å²) in [5.41, 5.74) is 0. The topological polar surface area (TPSA) is 69.2 Å². The van der Waals surface area contributed by atoms with E-state index >= 15 is 0 Å². The molecule has 3 aliphatic rings. The van der Waals surface area contributed by atoms with Gasteiger partial charge in [0.1, 0.15) is 0 Å². The fraction of sp³-hybridized carbons (Fsp3) is 0.750. The Kier molecular flexibility index (Phi) is 3.81. The smallest absolute Gasteiger partial charge is 0.224 e. The maximum atomic E-state index is 12.5. The summed E-state index contributed by atoms with van der Waals surface area (Å²) in [4.78, 5) is 23.8. The Morgan fingerprint density at radius 2 is 1.55 bits per heavy atom. The zero-order chi connectivity index (χ0) is 14.1. The second-order valence-electron chi connectivity index (χ2n) is 6.52. The number of rotatable bonds is 3. The Morgan fingerprint density at radius 3 is 2.15 bits per heavy atom. The molecular weight excluding hydrogens is 254 g/mol. The monoisotopic (exact) mass is 276 g/mol. The second kappa shape index (κ2) is 5.58. The van der Waals surface area contributed by atoms with Gasteiger partial charge in [-0.1, -0.05) is 37.8 Å². The van der Waals surface area contributed by atoms with E-state index in [9.17, 15) is 14.7 Å². The zero-order valence-electron chi connectivity index (χ0n) is 11.7. The first-order chi connectivity index (χ1) is 9.66. The molecule has 1 N–H and O–H groups in total. The Balaban J connectivity index is 1.66. The first kappa shape index (κ1) is 13.7. The minimum Gasteiger partial charge on any atom is -0.550 e. The first-order valence-electron chi connectivity index (χ1n) is 7.86. The molecule has 2 bridgehead atoms. The summed E-state index contributed by atoms with van der Waals surface area (Å²) in [6.45, 7) is 0. The molecule has 0 saturated heterocycles. The van der Waals surface area contributed by atoms with Crippen molar-refractivity contribution in [3.63, 3.8) is 0 Å². The van der Waals surface area contributed by atoms with Crippen LogP contribution in [-0.2, 0) is 9.59 Å². The van der Waals surface area contributed by atoms with Gasteiger partial charge in [0.15, 0.2) is 0 Å². The number of carboxylic acid groups (broad SMARTS) is 1. The Bertz CT molecular complexity index is 423. The lowest BCUT2D eigenvalue weighted by molar-refractivity contribution is -0.313. The summed E-state index contributed by atoms with van der Waals surface area (Å²) in [5, 5.41) is 14.4. The average Bonchev–Trinajstić information content (AvgIpc) is 2.93. The van der Waals surface area contributed by atoms with Gasteiger partial charge in [-0.15, -0.1) is 0 Å². The van der Waals surface area contributed by atoms with Crippen molar-refractivity contribution in [3.05, 3.63) is 12.2 Å². The molecule has 4 heteroatoms. The molecule has 4 atom stereocenters. The Hall–Kier alpha value is -1.32. The molecule has 2 fully saturated rings. The largest absolute Gasteiger partial charge is 0.550 e. The highest BCUT2D eigenvalue weighted by Gasteiger charge is 2.48. The minimum absolute atomic E-state index is 0.00474. The molecule has 110 valence electrons. The van der Waals surface area contributed by atoms with Crippen LogP contribution in [0.5, 0.6) is 0 Å². The highest BCUT2D eigenvalue weighted by Crippen LogP contribution is 2.47. The fourth-order valence-electron chi connectivity index (χ4n) is 4.22. The number of allylic oxidation sites excluding steroid dienone is 2. The molecule has 2 saturated carbocycles. The molecule has 0 aromatic rings. The van der Waals surface area contributed by atoms with Crippen LogP contribution in [0.1, 0.15) is 44.9 Å². The zero-order valence-corrected chi connectivity index (χ0v) is 11.7. The van der Waals surface area contributed by atoms with Gasteiger partial charge in [0.2, 0.25) is 5.91 Å². The summed E-state index contributed by atoms with van der Waals surface area (Å²) in [6, 6.07) is 0.232. The van der Waals surface area contributed by atoms with Gasteiger partial charge in [0, 0.05) is 17.9 Å². The van der Waals surface area contributed by atoms with Crippen LogP contribution in [0.4, 0.5) is 0 Å². The third-order valence-corrected chi connectivity index (χ3v) is 5.24. The first-order valence-corrected chi connectivity index (χ1v) is 7.86. The van der Waals surface area contributed by atoms with Crippen LogP contribution < -0.4 is 10.4 Å². The van der Waals surface area contributed by atoms with E-state index in [4.69, 9.17) is 0 Å². The van der Waals surface area contributed by atoms with Gasteiger partial charge >= 0.3 is 0 Å². The molecule has 4 nitrogen and oxygen atoms in total. The predicted molar refractivity (Wildman–Crippen MR) is 72.4 cm³/mol. The molecular formula is C16H22NO3-. The van der Waals surface area contributed by atoms with Crippen molar-refractivity contribution in [2.24, 2.45) is 23.7 Å². The van der Waals surface area contributed by atoms with E-state index in [0.717, 1.165) is 32.1 Å². The number of aliphatic carboxylic acids is 1. The van der Waals surface area contributed by atoms with Crippen molar-refractivity contribution in [2.75, 3.05) is 0 Å². The van der Waals surface area contributed by atoms with E-state index in [1.165, 1.54) is 12.8 Å². The van der Waals surface area contributed by atoms with Crippen LogP contribution in [0.2, 0.25) is 0 Å². The van der Waals surface area contributed by atoms with Crippen LogP contribution >= 0.6 is 0 Å². The molecule has 0 radical (unpaired) electrons. The number of hydrogen-bond donors (Lipinski definition) is 1. The molecule has 0 aliphatic heterocycles. The summed E-state index contributed by atoms with van der Waals surface area (Å²) >= 11 is 0. The van der Waals surface area contributed by atoms with Gasteiger partial charge in [0.05, 0.1) is 5.92 Å². The average molecular weight is 276 g/mol. The van der Waals surface area contributed by atoms with Gasteiger partial charge in [0.25, 0.3) is 0 Å². The van der Waals surface area contributed by atoms with Gasteiger partial charge < -0.3 is 15.2 Å². The molecule has 0 heterocycles. The van der Waals surface area contributed by atoms with Gasteiger partial charge in [-0.3, -0.25) is 4.79 Å². The summed E-state index contributed by atoms with van der Waals surface area (Å²) in [6.07, 6.45) is 11.6. The third kappa shape index (κ3) is 2.48. The van der Waals surface area contributed by atoms with Crippen LogP contribution in [0.15, 0.2) is 12.2 Å². The standard InChI is InChI=1S/C16H23NO3/c18-15(17-12-5-3-1-2-4-6-12)13-10-7-8-11(9-10)14(13)16(19)20/h7-8,10-14H,1-6,9H2,(H,17,18)(H,19,20)/p-1/t10-,11+,13+,14+/m1/s1. The van der Waals surface area contributed by atoms with E-state index in [1.807, 2.05) is 12.2 Å². The van der Waals surface area contributed by atoms with E-state index in [1.54, 1.807) is 0 Å². The number of fused-ring (bicyclic) bond motifs is 2.